The molecule has 3 rings (SSSR count). The van der Waals surface area contributed by atoms with Crippen molar-refractivity contribution in [2.24, 2.45) is 5.92 Å². The fourth-order valence-corrected chi connectivity index (χ4v) is 9.85. The van der Waals surface area contributed by atoms with Crippen LogP contribution in [0.2, 0.25) is 6.55 Å². The highest BCUT2D eigenvalue weighted by atomic mass is 28.3. The molecule has 0 aromatic heterocycles. The normalized spacial score (nSPS) is 20.2. The Morgan fingerprint density at radius 1 is 0.800 bits per heavy atom. The van der Waals surface area contributed by atoms with Crippen LogP contribution >= 0.6 is 0 Å². The molecular formula is C24H30Si. The van der Waals surface area contributed by atoms with Gasteiger partial charge >= 0.3 is 0 Å². The van der Waals surface area contributed by atoms with Crippen molar-refractivity contribution in [1.29, 1.82) is 0 Å². The first-order chi connectivity index (χ1) is 11.8. The zero-order chi connectivity index (χ0) is 18.4. The Morgan fingerprint density at radius 3 is 2.00 bits per heavy atom. The molecule has 0 fully saturated rings. The van der Waals surface area contributed by atoms with Gasteiger partial charge in [-0.2, -0.15) is 0 Å². The van der Waals surface area contributed by atoms with Gasteiger partial charge in [-0.05, 0) is 56.5 Å². The zero-order valence-electron chi connectivity index (χ0n) is 16.7. The molecule has 0 spiro atoms. The third kappa shape index (κ3) is 2.75. The van der Waals surface area contributed by atoms with Crippen LogP contribution in [0.15, 0.2) is 70.4 Å². The van der Waals surface area contributed by atoms with Crippen LogP contribution in [0.4, 0.5) is 0 Å². The number of benzene rings is 2. The molecule has 0 saturated heterocycles. The van der Waals surface area contributed by atoms with Crippen molar-refractivity contribution in [3.05, 3.63) is 81.6 Å². The van der Waals surface area contributed by atoms with Gasteiger partial charge in [0.05, 0.1) is 0 Å². The second-order valence-corrected chi connectivity index (χ2v) is 11.8. The van der Waals surface area contributed by atoms with Gasteiger partial charge in [-0.25, -0.2) is 0 Å². The van der Waals surface area contributed by atoms with Gasteiger partial charge in [-0.15, -0.1) is 0 Å². The molecular weight excluding hydrogens is 316 g/mol. The quantitative estimate of drug-likeness (QED) is 0.658. The molecule has 0 heterocycles. The Morgan fingerprint density at radius 2 is 1.44 bits per heavy atom. The van der Waals surface area contributed by atoms with Gasteiger partial charge in [0.25, 0.3) is 0 Å². The van der Waals surface area contributed by atoms with Crippen molar-refractivity contribution < 1.29 is 0 Å². The smallest absolute Gasteiger partial charge is 0.0636 e. The lowest BCUT2D eigenvalue weighted by molar-refractivity contribution is 0.850. The number of rotatable bonds is 3. The predicted octanol–water partition coefficient (Wildman–Crippen LogP) is 5.34. The van der Waals surface area contributed by atoms with Crippen LogP contribution in [0, 0.1) is 19.8 Å². The van der Waals surface area contributed by atoms with Gasteiger partial charge in [0.15, 0.2) is 0 Å². The molecule has 2 aromatic rings. The van der Waals surface area contributed by atoms with Crippen molar-refractivity contribution in [1.82, 2.24) is 0 Å². The molecule has 0 radical (unpaired) electrons. The van der Waals surface area contributed by atoms with Crippen LogP contribution in [0.3, 0.4) is 0 Å². The number of aryl methyl sites for hydroxylation is 2. The third-order valence-corrected chi connectivity index (χ3v) is 11.5. The van der Waals surface area contributed by atoms with Crippen molar-refractivity contribution in [2.75, 3.05) is 0 Å². The summed E-state index contributed by atoms with van der Waals surface area (Å²) in [5.74, 6) is 0.539. The summed E-state index contributed by atoms with van der Waals surface area (Å²) < 4.78 is 0. The summed E-state index contributed by atoms with van der Waals surface area (Å²) in [5, 5.41) is 4.79. The summed E-state index contributed by atoms with van der Waals surface area (Å²) in [5.41, 5.74) is 7.37. The largest absolute Gasteiger partial charge is 0.142 e. The first kappa shape index (κ1) is 17.9. The van der Waals surface area contributed by atoms with E-state index in [0.717, 1.165) is 0 Å². The Labute approximate surface area is 154 Å². The molecule has 2 aromatic carbocycles. The van der Waals surface area contributed by atoms with Crippen LogP contribution in [-0.2, 0) is 0 Å². The fourth-order valence-electron chi connectivity index (χ4n) is 4.67. The van der Waals surface area contributed by atoms with Crippen LogP contribution in [0.1, 0.15) is 38.8 Å². The van der Waals surface area contributed by atoms with E-state index in [1.165, 1.54) is 27.5 Å². The number of allylic oxidation sites excluding steroid dienone is 4. The number of hydrogen-bond acceptors (Lipinski definition) is 0. The van der Waals surface area contributed by atoms with E-state index < -0.39 is 8.07 Å². The predicted molar refractivity (Wildman–Crippen MR) is 113 cm³/mol. The monoisotopic (exact) mass is 346 g/mol. The first-order valence-corrected chi connectivity index (χ1v) is 11.8. The second kappa shape index (κ2) is 6.46. The molecule has 0 bridgehead atoms. The Kier molecular flexibility index (Phi) is 4.63. The lowest BCUT2D eigenvalue weighted by Gasteiger charge is -2.36. The maximum atomic E-state index is 2.56. The summed E-state index contributed by atoms with van der Waals surface area (Å²) >= 11 is 0. The average molecular weight is 347 g/mol. The lowest BCUT2D eigenvalue weighted by Crippen LogP contribution is -2.59. The van der Waals surface area contributed by atoms with E-state index in [9.17, 15) is 0 Å². The molecule has 0 amide bonds. The summed E-state index contributed by atoms with van der Waals surface area (Å²) in [6.07, 6.45) is 0. The maximum absolute atomic E-state index is 2.56. The van der Waals surface area contributed by atoms with Gasteiger partial charge < -0.3 is 0 Å². The molecule has 1 aliphatic rings. The zero-order valence-corrected chi connectivity index (χ0v) is 17.7. The first-order valence-electron chi connectivity index (χ1n) is 9.30. The van der Waals surface area contributed by atoms with Gasteiger partial charge in [0.2, 0.25) is 0 Å². The van der Waals surface area contributed by atoms with E-state index in [4.69, 9.17) is 0 Å². The highest BCUT2D eigenvalue weighted by Gasteiger charge is 2.43. The number of hydrogen-bond donors (Lipinski definition) is 0. The van der Waals surface area contributed by atoms with Crippen LogP contribution < -0.4 is 10.4 Å². The van der Waals surface area contributed by atoms with Crippen molar-refractivity contribution in [3.8, 4) is 0 Å². The molecule has 0 nitrogen and oxygen atoms in total. The van der Waals surface area contributed by atoms with E-state index in [2.05, 4.69) is 96.6 Å². The minimum absolute atomic E-state index is 0.539. The molecule has 0 aliphatic heterocycles. The van der Waals surface area contributed by atoms with E-state index in [1.54, 1.807) is 16.0 Å². The highest BCUT2D eigenvalue weighted by molar-refractivity contribution is 7.07. The molecule has 130 valence electrons. The van der Waals surface area contributed by atoms with Crippen molar-refractivity contribution in [2.45, 2.75) is 48.1 Å². The second-order valence-electron chi connectivity index (χ2n) is 7.88. The minimum Gasteiger partial charge on any atom is -0.0636 e. The van der Waals surface area contributed by atoms with Crippen LogP contribution in [0.25, 0.3) is 0 Å². The Hall–Kier alpha value is -1.86. The fraction of sp³-hybridized carbons (Fsp3) is 0.333. The van der Waals surface area contributed by atoms with Gasteiger partial charge in [-0.3, -0.25) is 0 Å². The lowest BCUT2D eigenvalue weighted by atomic mass is 10.1. The molecule has 0 saturated carbocycles. The summed E-state index contributed by atoms with van der Waals surface area (Å²) in [4.78, 5) is 0. The molecule has 1 heteroatoms. The van der Waals surface area contributed by atoms with Crippen LogP contribution in [0.5, 0.6) is 0 Å². The highest BCUT2D eigenvalue weighted by Crippen LogP contribution is 2.41. The van der Waals surface area contributed by atoms with E-state index >= 15 is 0 Å². The third-order valence-electron chi connectivity index (χ3n) is 6.46. The summed E-state index contributed by atoms with van der Waals surface area (Å²) in [7, 11) is -2.02. The molecule has 25 heavy (non-hydrogen) atoms. The molecule has 1 aliphatic carbocycles. The summed E-state index contributed by atoms with van der Waals surface area (Å²) in [6.45, 7) is 16.4. The molecule has 0 N–H and O–H groups in total. The van der Waals surface area contributed by atoms with Gasteiger partial charge in [-0.1, -0.05) is 89.5 Å². The van der Waals surface area contributed by atoms with E-state index in [0.29, 0.717) is 5.92 Å². The van der Waals surface area contributed by atoms with E-state index in [1.807, 2.05) is 0 Å². The summed E-state index contributed by atoms with van der Waals surface area (Å²) in [6, 6.07) is 18.2. The molecule has 2 atom stereocenters. The SMILES string of the molecule is CC1=C(C)C(C)C([Si](C)(c2ccccc2)c2cc(C)ccc2C)=C1C. The van der Waals surface area contributed by atoms with Crippen LogP contribution in [-0.4, -0.2) is 8.07 Å². The standard InChI is InChI=1S/C24H30Si/c1-16-13-14-17(2)23(15-16)25(7,22-11-9-8-10-12-22)24-20(5)18(3)19(4)21(24)6/h8-15,20H,1-7H3. The van der Waals surface area contributed by atoms with Gasteiger partial charge in [0.1, 0.15) is 8.07 Å². The van der Waals surface area contributed by atoms with Gasteiger partial charge in [0, 0.05) is 0 Å². The Balaban J connectivity index is 2.35. The van der Waals surface area contributed by atoms with Crippen molar-refractivity contribution in [3.63, 3.8) is 0 Å². The minimum atomic E-state index is -2.02. The Bertz CT molecular complexity index is 870. The maximum Gasteiger partial charge on any atom is 0.142 e. The average Bonchev–Trinajstić information content (AvgIpc) is 2.81. The van der Waals surface area contributed by atoms with Crippen molar-refractivity contribution >= 4 is 18.4 Å². The molecule has 2 unspecified atom stereocenters. The van der Waals surface area contributed by atoms with E-state index in [-0.39, 0.29) is 0 Å². The topological polar surface area (TPSA) is 0 Å².